The van der Waals surface area contributed by atoms with Crippen LogP contribution in [0.25, 0.3) is 0 Å². The second kappa shape index (κ2) is 6.38. The lowest BCUT2D eigenvalue weighted by Crippen LogP contribution is -2.25. The van der Waals surface area contributed by atoms with Crippen LogP contribution >= 0.6 is 0 Å². The second-order valence-corrected chi connectivity index (χ2v) is 3.02. The van der Waals surface area contributed by atoms with Gasteiger partial charge in [0.05, 0.1) is 6.10 Å². The third-order valence-electron chi connectivity index (χ3n) is 1.31. The van der Waals surface area contributed by atoms with Crippen molar-refractivity contribution in [3.8, 4) is 0 Å². The van der Waals surface area contributed by atoms with E-state index in [4.69, 9.17) is 0 Å². The summed E-state index contributed by atoms with van der Waals surface area (Å²) in [6, 6.07) is 0. The molecule has 0 heterocycles. The molecule has 0 aliphatic heterocycles. The molecule has 0 aliphatic rings. The lowest BCUT2D eigenvalue weighted by atomic mass is 10.2. The molecular weight excluding hydrogens is 138 g/mol. The number of hydrogen-bond acceptors (Lipinski definition) is 2. The van der Waals surface area contributed by atoms with E-state index in [0.29, 0.717) is 6.54 Å². The van der Waals surface area contributed by atoms with Crippen LogP contribution < -0.4 is 5.32 Å². The Bertz CT molecular complexity index is 117. The molecule has 0 bridgehead atoms. The lowest BCUT2D eigenvalue weighted by Gasteiger charge is -2.06. The highest BCUT2D eigenvalue weighted by Crippen LogP contribution is 1.92. The summed E-state index contributed by atoms with van der Waals surface area (Å²) in [6.07, 6.45) is 2.65. The number of aliphatic hydroxyl groups excluding tert-OH is 1. The molecule has 0 aromatic carbocycles. The Hall–Kier alpha value is -0.340. The summed E-state index contributed by atoms with van der Waals surface area (Å²) < 4.78 is 0. The number of aliphatic hydroxyl groups is 1. The maximum atomic E-state index is 9.31. The van der Waals surface area contributed by atoms with Gasteiger partial charge < -0.3 is 10.4 Å². The van der Waals surface area contributed by atoms with Crippen molar-refractivity contribution in [2.45, 2.75) is 33.3 Å². The summed E-state index contributed by atoms with van der Waals surface area (Å²) in [5.74, 6) is 0. The summed E-state index contributed by atoms with van der Waals surface area (Å²) in [4.78, 5) is 0. The van der Waals surface area contributed by atoms with Crippen molar-refractivity contribution in [1.82, 2.24) is 5.32 Å². The molecule has 0 rings (SSSR count). The van der Waals surface area contributed by atoms with Crippen molar-refractivity contribution < 1.29 is 5.11 Å². The molecule has 0 fully saturated rings. The minimum atomic E-state index is -0.327. The number of nitrogens with one attached hydrogen (secondary N) is 1. The fraction of sp³-hybridized carbons (Fsp3) is 0.778. The van der Waals surface area contributed by atoms with Gasteiger partial charge >= 0.3 is 0 Å². The Morgan fingerprint density at radius 3 is 2.64 bits per heavy atom. The summed E-state index contributed by atoms with van der Waals surface area (Å²) in [6.45, 7) is 7.74. The van der Waals surface area contributed by atoms with Crippen molar-refractivity contribution in [2.75, 3.05) is 13.1 Å². The Morgan fingerprint density at radius 2 is 2.18 bits per heavy atom. The van der Waals surface area contributed by atoms with Crippen molar-refractivity contribution in [2.24, 2.45) is 0 Å². The summed E-state index contributed by atoms with van der Waals surface area (Å²) >= 11 is 0. The smallest absolute Gasteiger partial charge is 0.0847 e. The van der Waals surface area contributed by atoms with E-state index < -0.39 is 0 Å². The molecule has 2 nitrogen and oxygen atoms in total. The number of hydrogen-bond donors (Lipinski definition) is 2. The predicted octanol–water partition coefficient (Wildman–Crippen LogP) is 1.31. The van der Waals surface area contributed by atoms with Gasteiger partial charge in [-0.15, -0.1) is 0 Å². The molecule has 66 valence electrons. The molecule has 0 amide bonds. The zero-order valence-corrected chi connectivity index (χ0v) is 7.72. The molecule has 11 heavy (non-hydrogen) atoms. The molecule has 0 aromatic rings. The van der Waals surface area contributed by atoms with E-state index in [-0.39, 0.29) is 6.10 Å². The van der Waals surface area contributed by atoms with E-state index in [2.05, 4.69) is 12.2 Å². The SMILES string of the molecule is CCCNCC(O)C=C(C)C. The molecule has 0 saturated carbocycles. The third-order valence-corrected chi connectivity index (χ3v) is 1.31. The van der Waals surface area contributed by atoms with Crippen molar-refractivity contribution >= 4 is 0 Å². The van der Waals surface area contributed by atoms with Gasteiger partial charge in [-0.05, 0) is 26.8 Å². The summed E-state index contributed by atoms with van der Waals surface area (Å²) in [5.41, 5.74) is 1.16. The molecule has 0 saturated heterocycles. The first-order valence-electron chi connectivity index (χ1n) is 4.20. The standard InChI is InChI=1S/C9H19NO/c1-4-5-10-7-9(11)6-8(2)3/h6,9-11H,4-5,7H2,1-3H3. The maximum Gasteiger partial charge on any atom is 0.0847 e. The lowest BCUT2D eigenvalue weighted by molar-refractivity contribution is 0.218. The molecule has 2 N–H and O–H groups in total. The minimum absolute atomic E-state index is 0.327. The first-order chi connectivity index (χ1) is 5.16. The molecule has 1 unspecified atom stereocenters. The number of rotatable bonds is 5. The molecule has 0 aliphatic carbocycles. The van der Waals surface area contributed by atoms with Gasteiger partial charge in [-0.3, -0.25) is 0 Å². The van der Waals surface area contributed by atoms with Crippen LogP contribution in [0.4, 0.5) is 0 Å². The highest BCUT2D eigenvalue weighted by Gasteiger charge is 1.96. The minimum Gasteiger partial charge on any atom is -0.388 e. The van der Waals surface area contributed by atoms with Crippen LogP contribution in [0.5, 0.6) is 0 Å². The van der Waals surface area contributed by atoms with Gasteiger partial charge in [-0.1, -0.05) is 18.6 Å². The molecular formula is C9H19NO. The molecule has 0 aromatic heterocycles. The highest BCUT2D eigenvalue weighted by atomic mass is 16.3. The van der Waals surface area contributed by atoms with Crippen LogP contribution in [-0.2, 0) is 0 Å². The van der Waals surface area contributed by atoms with Crippen LogP contribution in [0.3, 0.4) is 0 Å². The Balaban J connectivity index is 3.37. The fourth-order valence-electron chi connectivity index (χ4n) is 0.870. The maximum absolute atomic E-state index is 9.31. The zero-order chi connectivity index (χ0) is 8.69. The van der Waals surface area contributed by atoms with Crippen LogP contribution in [0, 0.1) is 0 Å². The largest absolute Gasteiger partial charge is 0.388 e. The van der Waals surface area contributed by atoms with Crippen LogP contribution in [-0.4, -0.2) is 24.3 Å². The van der Waals surface area contributed by atoms with Crippen molar-refractivity contribution in [1.29, 1.82) is 0 Å². The average molecular weight is 157 g/mol. The molecule has 1 atom stereocenters. The van der Waals surface area contributed by atoms with Gasteiger partial charge in [0.1, 0.15) is 0 Å². The summed E-state index contributed by atoms with van der Waals surface area (Å²) in [7, 11) is 0. The van der Waals surface area contributed by atoms with E-state index in [1.54, 1.807) is 0 Å². The second-order valence-electron chi connectivity index (χ2n) is 3.02. The van der Waals surface area contributed by atoms with E-state index in [1.165, 1.54) is 0 Å². The van der Waals surface area contributed by atoms with E-state index in [1.807, 2.05) is 19.9 Å². The van der Waals surface area contributed by atoms with Gasteiger partial charge in [0.2, 0.25) is 0 Å². The third kappa shape index (κ3) is 7.56. The number of allylic oxidation sites excluding steroid dienone is 1. The van der Waals surface area contributed by atoms with E-state index in [0.717, 1.165) is 18.5 Å². The van der Waals surface area contributed by atoms with Gasteiger partial charge in [0.25, 0.3) is 0 Å². The average Bonchev–Trinajstić information content (AvgIpc) is 1.86. The predicted molar refractivity (Wildman–Crippen MR) is 48.6 cm³/mol. The fourth-order valence-corrected chi connectivity index (χ4v) is 0.870. The van der Waals surface area contributed by atoms with Gasteiger partial charge in [0.15, 0.2) is 0 Å². The Morgan fingerprint density at radius 1 is 1.55 bits per heavy atom. The molecule has 0 spiro atoms. The first kappa shape index (κ1) is 10.7. The van der Waals surface area contributed by atoms with Gasteiger partial charge in [-0.25, -0.2) is 0 Å². The summed E-state index contributed by atoms with van der Waals surface area (Å²) in [5, 5.41) is 12.5. The van der Waals surface area contributed by atoms with E-state index >= 15 is 0 Å². The quantitative estimate of drug-likeness (QED) is 0.466. The van der Waals surface area contributed by atoms with Crippen LogP contribution in [0.15, 0.2) is 11.6 Å². The Kier molecular flexibility index (Phi) is 6.18. The zero-order valence-electron chi connectivity index (χ0n) is 7.72. The monoisotopic (exact) mass is 157 g/mol. The van der Waals surface area contributed by atoms with Crippen molar-refractivity contribution in [3.05, 3.63) is 11.6 Å². The Labute approximate surface area is 69.3 Å². The van der Waals surface area contributed by atoms with E-state index in [9.17, 15) is 5.11 Å². The molecule has 2 heteroatoms. The van der Waals surface area contributed by atoms with Gasteiger partial charge in [-0.2, -0.15) is 0 Å². The topological polar surface area (TPSA) is 32.3 Å². The normalized spacial score (nSPS) is 12.7. The first-order valence-corrected chi connectivity index (χ1v) is 4.20. The van der Waals surface area contributed by atoms with Crippen LogP contribution in [0.1, 0.15) is 27.2 Å². The van der Waals surface area contributed by atoms with Crippen molar-refractivity contribution in [3.63, 3.8) is 0 Å². The van der Waals surface area contributed by atoms with Gasteiger partial charge in [0, 0.05) is 6.54 Å². The highest BCUT2D eigenvalue weighted by molar-refractivity contribution is 4.98. The molecule has 0 radical (unpaired) electrons. The van der Waals surface area contributed by atoms with Crippen LogP contribution in [0.2, 0.25) is 0 Å².